The average Bonchev–Trinajstić information content (AvgIpc) is 2.48. The summed E-state index contributed by atoms with van der Waals surface area (Å²) in [4.78, 5) is 2.51. The Labute approximate surface area is 139 Å². The summed E-state index contributed by atoms with van der Waals surface area (Å²) in [5.41, 5.74) is 0.922. The molecule has 1 atom stereocenters. The monoisotopic (exact) mass is 378 g/mol. The second-order valence-electron chi connectivity index (χ2n) is 5.43. The summed E-state index contributed by atoms with van der Waals surface area (Å²) < 4.78 is 0.832. The lowest BCUT2D eigenvalue weighted by atomic mass is 9.90. The van der Waals surface area contributed by atoms with Crippen molar-refractivity contribution in [3.8, 4) is 0 Å². The first-order valence-electron chi connectivity index (χ1n) is 7.15. The molecule has 0 amide bonds. The Balaban J connectivity index is 1.98. The lowest BCUT2D eigenvalue weighted by molar-refractivity contribution is 0.183. The number of hydrogen-bond acceptors (Lipinski definition) is 2. The van der Waals surface area contributed by atoms with Gasteiger partial charge in [0.1, 0.15) is 0 Å². The SMILES string of the molecule is CCN1CCC(C(C)Nc2ccc(Br)c(Cl)c2Cl)CC1. The van der Waals surface area contributed by atoms with Crippen molar-refractivity contribution in [1.29, 1.82) is 0 Å². The standard InChI is InChI=1S/C15H21BrCl2N2/c1-3-20-8-6-11(7-9-20)10(2)19-13-5-4-12(16)14(17)15(13)18/h4-5,10-11,19H,3,6-9H2,1-2H3. The van der Waals surface area contributed by atoms with Crippen molar-refractivity contribution in [1.82, 2.24) is 4.90 Å². The zero-order chi connectivity index (χ0) is 14.7. The molecule has 1 heterocycles. The molecule has 0 bridgehead atoms. The van der Waals surface area contributed by atoms with E-state index in [2.05, 4.69) is 40.0 Å². The second-order valence-corrected chi connectivity index (χ2v) is 7.04. The summed E-state index contributed by atoms with van der Waals surface area (Å²) in [5.74, 6) is 0.691. The molecule has 112 valence electrons. The largest absolute Gasteiger partial charge is 0.381 e. The highest BCUT2D eigenvalue weighted by Crippen LogP contribution is 2.36. The number of halogens is 3. The molecule has 5 heteroatoms. The number of anilines is 1. The predicted octanol–water partition coefficient (Wildman–Crippen LogP) is 5.29. The number of hydrogen-bond donors (Lipinski definition) is 1. The van der Waals surface area contributed by atoms with Crippen LogP contribution in [0.1, 0.15) is 26.7 Å². The lowest BCUT2D eigenvalue weighted by Crippen LogP contribution is -2.39. The van der Waals surface area contributed by atoms with Crippen LogP contribution < -0.4 is 5.32 Å². The molecule has 1 aromatic rings. The van der Waals surface area contributed by atoms with E-state index in [9.17, 15) is 0 Å². The molecule has 1 aliphatic heterocycles. The molecular formula is C15H21BrCl2N2. The van der Waals surface area contributed by atoms with Gasteiger partial charge in [0.05, 0.1) is 15.7 Å². The van der Waals surface area contributed by atoms with Crippen molar-refractivity contribution >= 4 is 44.8 Å². The minimum atomic E-state index is 0.406. The van der Waals surface area contributed by atoms with E-state index in [1.807, 2.05) is 12.1 Å². The van der Waals surface area contributed by atoms with Crippen LogP contribution in [0.2, 0.25) is 10.0 Å². The van der Waals surface area contributed by atoms with Crippen molar-refractivity contribution in [3.63, 3.8) is 0 Å². The molecule has 1 aliphatic rings. The molecule has 1 fully saturated rings. The van der Waals surface area contributed by atoms with E-state index in [0.717, 1.165) is 16.7 Å². The Bertz CT molecular complexity index is 459. The van der Waals surface area contributed by atoms with Crippen molar-refractivity contribution in [2.45, 2.75) is 32.7 Å². The maximum atomic E-state index is 6.29. The number of benzene rings is 1. The minimum Gasteiger partial charge on any atom is -0.381 e. The smallest absolute Gasteiger partial charge is 0.0835 e. The fourth-order valence-electron chi connectivity index (χ4n) is 2.77. The van der Waals surface area contributed by atoms with Gasteiger partial charge in [0.15, 0.2) is 0 Å². The van der Waals surface area contributed by atoms with E-state index in [1.54, 1.807) is 0 Å². The van der Waals surface area contributed by atoms with Crippen LogP contribution in [0.3, 0.4) is 0 Å². The van der Waals surface area contributed by atoms with E-state index in [1.165, 1.54) is 25.9 Å². The van der Waals surface area contributed by atoms with Gasteiger partial charge in [-0.25, -0.2) is 0 Å². The highest BCUT2D eigenvalue weighted by atomic mass is 79.9. The Kier molecular flexibility index (Phi) is 6.03. The molecule has 0 spiro atoms. The summed E-state index contributed by atoms with van der Waals surface area (Å²) in [6.45, 7) is 8.01. The number of nitrogens with one attached hydrogen (secondary N) is 1. The van der Waals surface area contributed by atoms with E-state index < -0.39 is 0 Å². The first-order valence-corrected chi connectivity index (χ1v) is 8.70. The van der Waals surface area contributed by atoms with Gasteiger partial charge in [-0.15, -0.1) is 0 Å². The third-order valence-electron chi connectivity index (χ3n) is 4.20. The van der Waals surface area contributed by atoms with E-state index in [4.69, 9.17) is 23.2 Å². The zero-order valence-corrected chi connectivity index (χ0v) is 15.0. The van der Waals surface area contributed by atoms with Crippen molar-refractivity contribution in [2.24, 2.45) is 5.92 Å². The van der Waals surface area contributed by atoms with Gasteiger partial charge in [-0.05, 0) is 73.4 Å². The molecular weight excluding hydrogens is 359 g/mol. The topological polar surface area (TPSA) is 15.3 Å². The van der Waals surface area contributed by atoms with Gasteiger partial charge in [0.25, 0.3) is 0 Å². The summed E-state index contributed by atoms with van der Waals surface area (Å²) >= 11 is 15.8. The van der Waals surface area contributed by atoms with Crippen molar-refractivity contribution < 1.29 is 0 Å². The van der Waals surface area contributed by atoms with E-state index in [0.29, 0.717) is 22.0 Å². The van der Waals surface area contributed by atoms with Gasteiger partial charge >= 0.3 is 0 Å². The zero-order valence-electron chi connectivity index (χ0n) is 11.9. The van der Waals surface area contributed by atoms with Gasteiger partial charge in [0.2, 0.25) is 0 Å². The third kappa shape index (κ3) is 3.82. The predicted molar refractivity (Wildman–Crippen MR) is 92.1 cm³/mol. The maximum Gasteiger partial charge on any atom is 0.0835 e. The number of piperidine rings is 1. The summed E-state index contributed by atoms with van der Waals surface area (Å²) in [5, 5.41) is 4.69. The molecule has 1 unspecified atom stereocenters. The second kappa shape index (κ2) is 7.35. The maximum absolute atomic E-state index is 6.29. The fraction of sp³-hybridized carbons (Fsp3) is 0.600. The molecule has 0 aromatic heterocycles. The summed E-state index contributed by atoms with van der Waals surface area (Å²) in [6.07, 6.45) is 2.48. The number of likely N-dealkylation sites (tertiary alicyclic amines) is 1. The van der Waals surface area contributed by atoms with Gasteiger partial charge in [-0.1, -0.05) is 30.1 Å². The first-order chi connectivity index (χ1) is 9.52. The lowest BCUT2D eigenvalue weighted by Gasteiger charge is -2.35. The molecule has 1 N–H and O–H groups in total. The highest BCUT2D eigenvalue weighted by molar-refractivity contribution is 9.10. The molecule has 2 nitrogen and oxygen atoms in total. The summed E-state index contributed by atoms with van der Waals surface area (Å²) in [7, 11) is 0. The van der Waals surface area contributed by atoms with Crippen LogP contribution in [0, 0.1) is 5.92 Å². The van der Waals surface area contributed by atoms with Crippen LogP contribution >= 0.6 is 39.1 Å². The van der Waals surface area contributed by atoms with E-state index >= 15 is 0 Å². The van der Waals surface area contributed by atoms with Crippen LogP contribution in [-0.2, 0) is 0 Å². The van der Waals surface area contributed by atoms with Crippen LogP contribution in [-0.4, -0.2) is 30.6 Å². The Morgan fingerprint density at radius 3 is 2.55 bits per heavy atom. The van der Waals surface area contributed by atoms with Crippen LogP contribution in [0.15, 0.2) is 16.6 Å². The molecule has 0 radical (unpaired) electrons. The Morgan fingerprint density at radius 1 is 1.30 bits per heavy atom. The van der Waals surface area contributed by atoms with Crippen molar-refractivity contribution in [2.75, 3.05) is 25.0 Å². The van der Waals surface area contributed by atoms with Gasteiger partial charge in [-0.3, -0.25) is 0 Å². The molecule has 1 saturated heterocycles. The van der Waals surface area contributed by atoms with Crippen LogP contribution in [0.25, 0.3) is 0 Å². The quantitative estimate of drug-likeness (QED) is 0.715. The van der Waals surface area contributed by atoms with E-state index in [-0.39, 0.29) is 0 Å². The van der Waals surface area contributed by atoms with Gasteiger partial charge in [0, 0.05) is 10.5 Å². The number of nitrogens with zero attached hydrogens (tertiary/aromatic N) is 1. The van der Waals surface area contributed by atoms with Gasteiger partial charge in [-0.2, -0.15) is 0 Å². The van der Waals surface area contributed by atoms with Crippen molar-refractivity contribution in [3.05, 3.63) is 26.7 Å². The highest BCUT2D eigenvalue weighted by Gasteiger charge is 2.23. The average molecular weight is 380 g/mol. The molecule has 0 aliphatic carbocycles. The summed E-state index contributed by atoms with van der Waals surface area (Å²) in [6, 6.07) is 4.32. The minimum absolute atomic E-state index is 0.406. The third-order valence-corrected chi connectivity index (χ3v) is 5.98. The Hall–Kier alpha value is 0.0400. The molecule has 0 saturated carbocycles. The van der Waals surface area contributed by atoms with Gasteiger partial charge < -0.3 is 10.2 Å². The molecule has 20 heavy (non-hydrogen) atoms. The number of rotatable bonds is 4. The molecule has 1 aromatic carbocycles. The van der Waals surface area contributed by atoms with Crippen LogP contribution in [0.5, 0.6) is 0 Å². The Morgan fingerprint density at radius 2 is 1.95 bits per heavy atom. The fourth-order valence-corrected chi connectivity index (χ4v) is 3.60. The molecule has 2 rings (SSSR count). The first kappa shape index (κ1) is 16.4. The normalized spacial score (nSPS) is 19.1. The van der Waals surface area contributed by atoms with Crippen LogP contribution in [0.4, 0.5) is 5.69 Å².